The summed E-state index contributed by atoms with van der Waals surface area (Å²) in [6.45, 7) is 0. The van der Waals surface area contributed by atoms with Gasteiger partial charge in [0.1, 0.15) is 57.1 Å². The summed E-state index contributed by atoms with van der Waals surface area (Å²) in [5.74, 6) is 0.0792. The number of aromatic hydroxyl groups is 7. The van der Waals surface area contributed by atoms with Gasteiger partial charge in [0.25, 0.3) is 50.0 Å². The van der Waals surface area contributed by atoms with Crippen molar-refractivity contribution in [3.05, 3.63) is 376 Å². The lowest BCUT2D eigenvalue weighted by atomic mass is 10.1. The van der Waals surface area contributed by atoms with E-state index in [1.54, 1.807) is 136 Å². The number of amides is 1. The molecule has 11 aromatic heterocycles. The van der Waals surface area contributed by atoms with Crippen molar-refractivity contribution < 1.29 is 59.5 Å². The van der Waals surface area contributed by atoms with Crippen LogP contribution < -0.4 is 75.0 Å². The fraction of sp³-hybridized carbons (Fsp3) is 0.0460. The Labute approximate surface area is 677 Å². The first-order chi connectivity index (χ1) is 58.1. The molecule has 0 bridgehead atoms. The van der Waals surface area contributed by atoms with E-state index >= 15 is 0 Å². The van der Waals surface area contributed by atoms with Crippen molar-refractivity contribution in [1.82, 2.24) is 51.9 Å². The predicted octanol–water partition coefficient (Wildman–Crippen LogP) is 8.53. The molecule has 17 rings (SSSR count). The number of carbonyl (C=O) groups excluding carboxylic acids is 2. The largest absolute Gasteiger partial charge is 0.508 e. The third-order valence-electron chi connectivity index (χ3n) is 17.9. The van der Waals surface area contributed by atoms with Crippen LogP contribution in [-0.2, 0) is 4.79 Å². The quantitative estimate of drug-likeness (QED) is 0.0309. The molecule has 11 heterocycles. The van der Waals surface area contributed by atoms with Crippen LogP contribution in [0.1, 0.15) is 16.8 Å². The number of benzene rings is 6. The number of H-pyrrole nitrogens is 5. The van der Waals surface area contributed by atoms with E-state index in [4.69, 9.17) is 14.2 Å². The highest BCUT2D eigenvalue weighted by Crippen LogP contribution is 2.33. The summed E-state index contributed by atoms with van der Waals surface area (Å²) in [6.07, 6.45) is 2.49. The number of ether oxygens (including phenoxy) is 3. The average Bonchev–Trinajstić information content (AvgIpc) is 0.808. The van der Waals surface area contributed by atoms with E-state index in [-0.39, 0.29) is 84.7 Å². The zero-order valence-electron chi connectivity index (χ0n) is 63.5. The number of hydrogen-bond acceptors (Lipinski definition) is 23. The molecule has 0 atom stereocenters. The number of carbonyl (C=O) groups is 2. The van der Waals surface area contributed by atoms with Crippen molar-refractivity contribution in [2.45, 2.75) is 6.42 Å². The molecular formula is C87H68N12O22. The lowest BCUT2D eigenvalue weighted by molar-refractivity contribution is -0.115. The van der Waals surface area contributed by atoms with Crippen LogP contribution >= 0.6 is 0 Å². The van der Waals surface area contributed by atoms with Gasteiger partial charge in [0.15, 0.2) is 45.7 Å². The van der Waals surface area contributed by atoms with Gasteiger partial charge in [-0.3, -0.25) is 61.9 Å². The number of nitrogens with zero attached hydrogens (tertiary/aromatic N) is 6. The number of ketones is 1. The molecule has 0 spiro atoms. The van der Waals surface area contributed by atoms with Gasteiger partial charge >= 0.3 is 0 Å². The number of anilines is 1. The zero-order chi connectivity index (χ0) is 86.3. The molecule has 0 aliphatic rings. The molecule has 0 radical (unpaired) electrons. The van der Waals surface area contributed by atoms with Crippen molar-refractivity contribution >= 4 is 45.7 Å². The Bertz CT molecular complexity index is 7420. The number of phenolic OH excluding ortho intramolecular Hbond substituents is 7. The summed E-state index contributed by atoms with van der Waals surface area (Å²) in [6, 6.07) is 63.5. The smallest absolute Gasteiger partial charge is 0.261 e. The predicted molar refractivity (Wildman–Crippen MR) is 448 cm³/mol. The minimum absolute atomic E-state index is 0.115. The normalized spacial score (nSPS) is 10.6. The second kappa shape index (κ2) is 36.7. The maximum atomic E-state index is 12.2. The van der Waals surface area contributed by atoms with E-state index in [0.717, 1.165) is 40.4 Å². The average molecular weight is 1630 g/mol. The summed E-state index contributed by atoms with van der Waals surface area (Å²) in [7, 11) is 4.59. The Morgan fingerprint density at radius 3 is 1.19 bits per heavy atom. The van der Waals surface area contributed by atoms with E-state index < -0.39 is 40.5 Å². The first-order valence-corrected chi connectivity index (χ1v) is 35.9. The number of phenols is 7. The lowest BCUT2D eigenvalue weighted by Crippen LogP contribution is -2.26. The second-order valence-corrected chi connectivity index (χ2v) is 25.9. The zero-order valence-corrected chi connectivity index (χ0v) is 63.5. The highest BCUT2D eigenvalue weighted by molar-refractivity contribution is 6.11. The fourth-order valence-electron chi connectivity index (χ4n) is 12.0. The van der Waals surface area contributed by atoms with Crippen LogP contribution in [-0.4, -0.2) is 121 Å². The molecule has 0 aliphatic heterocycles. The second-order valence-electron chi connectivity index (χ2n) is 25.9. The van der Waals surface area contributed by atoms with Gasteiger partial charge in [-0.05, 0) is 157 Å². The van der Waals surface area contributed by atoms with Crippen molar-refractivity contribution in [2.75, 3.05) is 26.6 Å². The number of methoxy groups -OCH3 is 3. The number of hydrogen-bond donors (Lipinski definition) is 13. The van der Waals surface area contributed by atoms with E-state index in [0.29, 0.717) is 85.1 Å². The van der Waals surface area contributed by atoms with Crippen LogP contribution in [0, 0.1) is 0 Å². The summed E-state index contributed by atoms with van der Waals surface area (Å²) < 4.78 is 21.1. The number of Topliss-reactive ketones (excluding diaryl/α,β-unsaturated/α-hetero) is 1. The number of pyridine rings is 6. The van der Waals surface area contributed by atoms with Gasteiger partial charge in [0.2, 0.25) is 5.91 Å². The van der Waals surface area contributed by atoms with E-state index in [1.165, 1.54) is 145 Å². The molecule has 17 aromatic rings. The number of rotatable bonds is 12. The van der Waals surface area contributed by atoms with Gasteiger partial charge < -0.3 is 80.2 Å². The molecule has 1 amide bonds. The Balaban J connectivity index is 0.000000133. The third kappa shape index (κ3) is 19.8. The van der Waals surface area contributed by atoms with Gasteiger partial charge in [-0.25, -0.2) is 22.6 Å². The van der Waals surface area contributed by atoms with Gasteiger partial charge in [0, 0.05) is 107 Å². The fourth-order valence-corrected chi connectivity index (χ4v) is 12.0. The highest BCUT2D eigenvalue weighted by Gasteiger charge is 2.17. The minimum Gasteiger partial charge on any atom is -0.508 e. The van der Waals surface area contributed by atoms with Crippen molar-refractivity contribution in [3.8, 4) is 114 Å². The van der Waals surface area contributed by atoms with Gasteiger partial charge in [-0.2, -0.15) is 0 Å². The molecule has 0 saturated heterocycles. The first kappa shape index (κ1) is 82.9. The summed E-state index contributed by atoms with van der Waals surface area (Å²) in [4.78, 5) is 161. The van der Waals surface area contributed by atoms with Crippen LogP contribution in [0.5, 0.6) is 57.5 Å². The number of aromatic amines is 5. The number of aromatic nitrogens is 11. The van der Waals surface area contributed by atoms with Crippen LogP contribution in [0.4, 0.5) is 5.82 Å². The summed E-state index contributed by atoms with van der Waals surface area (Å²) in [5.41, 5.74) is 4.89. The van der Waals surface area contributed by atoms with Crippen molar-refractivity contribution in [1.29, 1.82) is 0 Å². The van der Waals surface area contributed by atoms with E-state index in [2.05, 4.69) is 35.2 Å². The molecule has 0 aliphatic carbocycles. The summed E-state index contributed by atoms with van der Waals surface area (Å²) in [5, 5.41) is 67.7. The first-order valence-electron chi connectivity index (χ1n) is 35.9. The third-order valence-corrected chi connectivity index (χ3v) is 17.9. The van der Waals surface area contributed by atoms with Crippen LogP contribution in [0.3, 0.4) is 0 Å². The monoisotopic (exact) mass is 1630 g/mol. The Hall–Kier alpha value is -17.6. The number of fused-ring (bicyclic) bond motifs is 5. The van der Waals surface area contributed by atoms with Crippen molar-refractivity contribution in [2.24, 2.45) is 0 Å². The Morgan fingerprint density at radius 2 is 0.744 bits per heavy atom. The number of nitrogens with one attached hydrogen (secondary N) is 6. The van der Waals surface area contributed by atoms with Crippen LogP contribution in [0.2, 0.25) is 0 Å². The lowest BCUT2D eigenvalue weighted by Gasteiger charge is -2.10. The van der Waals surface area contributed by atoms with Gasteiger partial charge in [-0.1, -0.05) is 36.4 Å². The summed E-state index contributed by atoms with van der Waals surface area (Å²) >= 11 is 0. The maximum Gasteiger partial charge on any atom is 0.261 e. The standard InChI is InChI=1S/C16H14N2O4.C15H14N2O5.C14H10N2O4.3C14H10N2O3/c1-21-12-7-6-10(8-13(12)22-2)11-9-16(20)18-14(17-11)4-3-5-15(18)19;1-22-10-4-5-16-14(7-10)17-15(21)8-12(19)9-2-3-11(18)13(20)6-9;17-10-5-4-8(6-11(10)18)9-7-14(20)16-12(15-9)2-1-3-13(16)19;17-10-3-1-9(2-4-10)12-8-14(19)16-6-5-11(18)7-13(16)15-12;17-10-4-1-3-9(7-10)11-8-14(19)16-12(15-11)5-2-6-13(16)18;17-10-6-4-9(5-7-10)11-8-14(19)16-12(15-11)2-1-3-13(16)18/h3-9,17H,1-2H3;2-7,18,20H,8H2,1H3,(H,16,17,21);1-7,15,17-18H;3*1-8,15,17H. The molecular weight excluding hydrogens is 1570 g/mol. The van der Waals surface area contributed by atoms with Gasteiger partial charge in [0.05, 0.1) is 56.2 Å². The molecule has 34 nitrogen and oxygen atoms in total. The molecule has 121 heavy (non-hydrogen) atoms. The molecule has 6 aromatic carbocycles. The van der Waals surface area contributed by atoms with E-state index in [9.17, 15) is 93.3 Å². The maximum absolute atomic E-state index is 12.2. The Morgan fingerprint density at radius 1 is 0.339 bits per heavy atom. The molecule has 0 fully saturated rings. The van der Waals surface area contributed by atoms with Gasteiger partial charge in [-0.15, -0.1) is 0 Å². The molecule has 0 saturated carbocycles. The van der Waals surface area contributed by atoms with E-state index in [1.807, 2.05) is 6.07 Å². The molecule has 13 N–H and O–H groups in total. The van der Waals surface area contributed by atoms with Crippen molar-refractivity contribution in [3.63, 3.8) is 0 Å². The minimum atomic E-state index is -0.543. The molecule has 608 valence electrons. The highest BCUT2D eigenvalue weighted by atomic mass is 16.5. The van der Waals surface area contributed by atoms with Crippen LogP contribution in [0.15, 0.2) is 315 Å². The topological polar surface area (TPSA) is 500 Å². The molecule has 34 heteroatoms. The SMILES string of the molecule is COc1ccc(-c2cc(=O)n3c(=O)cccc3[nH]2)cc1OC.COc1ccnc(NC(=O)CC(=O)c2ccc(O)c(O)c2)c1.O=c1cccc2[nH]c(-c3ccc(O)c(O)c3)cc(=O)n12.O=c1cccc2[nH]c(-c3ccc(O)cc3)cc(=O)n12.O=c1cccc2[nH]c(-c3cccc(O)c3)cc(=O)n12.O=c1ccn2c(=O)cc(-c3ccc(O)cc3)[nH]c2c1. The molecule has 0 unspecified atom stereocenters. The Kier molecular flexibility index (Phi) is 25.1. The van der Waals surface area contributed by atoms with Crippen LogP contribution in [0.25, 0.3) is 84.5 Å².